The van der Waals surface area contributed by atoms with Gasteiger partial charge in [-0.3, -0.25) is 0 Å². The molecule has 2 heteroatoms. The molecule has 0 spiro atoms. The molecule has 6 aromatic rings. The lowest BCUT2D eigenvalue weighted by Gasteiger charge is -2.28. The highest BCUT2D eigenvalue weighted by Gasteiger charge is 2.19. The van der Waals surface area contributed by atoms with Crippen molar-refractivity contribution in [2.45, 2.75) is 0 Å². The van der Waals surface area contributed by atoms with Crippen LogP contribution in [-0.2, 0) is 0 Å². The minimum absolute atomic E-state index is 0.768. The summed E-state index contributed by atoms with van der Waals surface area (Å²) in [5.74, 6) is 0. The van der Waals surface area contributed by atoms with E-state index in [1.165, 1.54) is 21.9 Å². The molecular weight excluding hydrogens is 436 g/mol. The molecule has 0 aliphatic carbocycles. The van der Waals surface area contributed by atoms with Crippen LogP contribution < -0.4 is 10.6 Å². The number of nitrogen functional groups attached to an aromatic ring is 1. The topological polar surface area (TPSA) is 29.3 Å². The Bertz CT molecular complexity index is 1580. The predicted molar refractivity (Wildman–Crippen MR) is 154 cm³/mol. The van der Waals surface area contributed by atoms with Gasteiger partial charge < -0.3 is 10.6 Å². The van der Waals surface area contributed by atoms with Gasteiger partial charge in [-0.05, 0) is 76.0 Å². The van der Waals surface area contributed by atoms with Gasteiger partial charge in [-0.25, -0.2) is 0 Å². The van der Waals surface area contributed by atoms with E-state index in [1.807, 2.05) is 12.1 Å². The van der Waals surface area contributed by atoms with Crippen LogP contribution in [0, 0.1) is 0 Å². The Kier molecular flexibility index (Phi) is 5.69. The van der Waals surface area contributed by atoms with Gasteiger partial charge in [0.15, 0.2) is 0 Å². The third-order valence-corrected chi connectivity index (χ3v) is 6.59. The van der Waals surface area contributed by atoms with Gasteiger partial charge in [-0.15, -0.1) is 0 Å². The van der Waals surface area contributed by atoms with Crippen molar-refractivity contribution in [3.05, 3.63) is 146 Å². The first-order valence-corrected chi connectivity index (χ1v) is 12.2. The van der Waals surface area contributed by atoms with Gasteiger partial charge >= 0.3 is 0 Å². The van der Waals surface area contributed by atoms with Crippen LogP contribution in [0.2, 0.25) is 0 Å². The number of hydrogen-bond donors (Lipinski definition) is 1. The maximum atomic E-state index is 5.97. The van der Waals surface area contributed by atoms with Crippen molar-refractivity contribution in [1.29, 1.82) is 0 Å². The monoisotopic (exact) mass is 462 g/mol. The minimum Gasteiger partial charge on any atom is -0.399 e. The lowest BCUT2D eigenvalue weighted by Crippen LogP contribution is -2.11. The Morgan fingerprint density at radius 3 is 1.72 bits per heavy atom. The van der Waals surface area contributed by atoms with E-state index in [2.05, 4.69) is 138 Å². The molecule has 6 rings (SSSR count). The van der Waals surface area contributed by atoms with E-state index in [0.29, 0.717) is 0 Å². The molecule has 0 saturated carbocycles. The number of hydrogen-bond acceptors (Lipinski definition) is 2. The van der Waals surface area contributed by atoms with E-state index in [1.54, 1.807) is 0 Å². The second kappa shape index (κ2) is 9.44. The number of nitrogens with two attached hydrogens (primary N) is 1. The van der Waals surface area contributed by atoms with Crippen molar-refractivity contribution in [2.75, 3.05) is 10.6 Å². The third-order valence-electron chi connectivity index (χ3n) is 6.59. The van der Waals surface area contributed by atoms with Crippen molar-refractivity contribution in [3.8, 4) is 22.3 Å². The van der Waals surface area contributed by atoms with Crippen LogP contribution in [0.1, 0.15) is 0 Å². The molecular formula is C34H26N2. The van der Waals surface area contributed by atoms with Crippen molar-refractivity contribution in [3.63, 3.8) is 0 Å². The first-order chi connectivity index (χ1) is 17.8. The zero-order valence-corrected chi connectivity index (χ0v) is 19.9. The summed E-state index contributed by atoms with van der Waals surface area (Å²) in [6.45, 7) is 0. The molecule has 2 N–H and O–H groups in total. The molecule has 0 heterocycles. The SMILES string of the molecule is Nc1ccc(-c2ccc(N(c3ccccc3)c3ccccc3)c(-c3cccc4ccccc34)c2)cc1. The highest BCUT2D eigenvalue weighted by Crippen LogP contribution is 2.44. The summed E-state index contributed by atoms with van der Waals surface area (Å²) in [5, 5.41) is 2.46. The molecule has 172 valence electrons. The van der Waals surface area contributed by atoms with E-state index in [0.717, 1.165) is 33.9 Å². The van der Waals surface area contributed by atoms with Gasteiger partial charge in [0.1, 0.15) is 0 Å². The molecule has 0 aliphatic heterocycles. The highest BCUT2D eigenvalue weighted by molar-refractivity contribution is 6.02. The summed E-state index contributed by atoms with van der Waals surface area (Å²) in [4.78, 5) is 2.34. The van der Waals surface area contributed by atoms with Gasteiger partial charge in [0.25, 0.3) is 0 Å². The number of nitrogens with zero attached hydrogens (tertiary/aromatic N) is 1. The summed E-state index contributed by atoms with van der Waals surface area (Å²) in [5.41, 5.74) is 14.8. The Morgan fingerprint density at radius 1 is 0.444 bits per heavy atom. The van der Waals surface area contributed by atoms with Crippen molar-refractivity contribution in [2.24, 2.45) is 0 Å². The van der Waals surface area contributed by atoms with E-state index in [-0.39, 0.29) is 0 Å². The normalized spacial score (nSPS) is 10.9. The summed E-state index contributed by atoms with van der Waals surface area (Å²) < 4.78 is 0. The van der Waals surface area contributed by atoms with Crippen LogP contribution in [0.4, 0.5) is 22.7 Å². The Hall–Kier alpha value is -4.82. The summed E-state index contributed by atoms with van der Waals surface area (Å²) in [6, 6.07) is 51.1. The average Bonchev–Trinajstić information content (AvgIpc) is 2.95. The first kappa shape index (κ1) is 21.7. The molecule has 2 nitrogen and oxygen atoms in total. The molecule has 0 atom stereocenters. The number of rotatable bonds is 5. The second-order valence-corrected chi connectivity index (χ2v) is 8.89. The van der Waals surface area contributed by atoms with Crippen LogP contribution in [-0.4, -0.2) is 0 Å². The molecule has 0 bridgehead atoms. The summed E-state index contributed by atoms with van der Waals surface area (Å²) >= 11 is 0. The second-order valence-electron chi connectivity index (χ2n) is 8.89. The lowest BCUT2D eigenvalue weighted by atomic mass is 9.93. The largest absolute Gasteiger partial charge is 0.399 e. The van der Waals surface area contributed by atoms with Gasteiger partial charge in [-0.2, -0.15) is 0 Å². The van der Waals surface area contributed by atoms with Crippen LogP contribution >= 0.6 is 0 Å². The number of benzene rings is 6. The van der Waals surface area contributed by atoms with Gasteiger partial charge in [-0.1, -0.05) is 97.1 Å². The molecule has 36 heavy (non-hydrogen) atoms. The summed E-state index contributed by atoms with van der Waals surface area (Å²) in [6.07, 6.45) is 0. The molecule has 0 unspecified atom stereocenters. The van der Waals surface area contributed by atoms with Crippen LogP contribution in [0.15, 0.2) is 146 Å². The first-order valence-electron chi connectivity index (χ1n) is 12.2. The molecule has 0 fully saturated rings. The maximum absolute atomic E-state index is 5.97. The maximum Gasteiger partial charge on any atom is 0.0540 e. The number of anilines is 4. The van der Waals surface area contributed by atoms with E-state index >= 15 is 0 Å². The van der Waals surface area contributed by atoms with Crippen LogP contribution in [0.25, 0.3) is 33.0 Å². The Morgan fingerprint density at radius 2 is 1.03 bits per heavy atom. The van der Waals surface area contributed by atoms with Gasteiger partial charge in [0.05, 0.1) is 5.69 Å². The third kappa shape index (κ3) is 4.10. The van der Waals surface area contributed by atoms with Gasteiger partial charge in [0, 0.05) is 22.6 Å². The summed E-state index contributed by atoms with van der Waals surface area (Å²) in [7, 11) is 0. The van der Waals surface area contributed by atoms with E-state index in [9.17, 15) is 0 Å². The number of para-hydroxylation sites is 2. The molecule has 0 radical (unpaired) electrons. The molecule has 0 aromatic heterocycles. The highest BCUT2D eigenvalue weighted by atomic mass is 15.1. The molecule has 0 aliphatic rings. The van der Waals surface area contributed by atoms with E-state index < -0.39 is 0 Å². The van der Waals surface area contributed by atoms with Crippen molar-refractivity contribution < 1.29 is 0 Å². The standard InChI is InChI=1S/C34H26N2/c35-28-21-18-25(19-22-28)27-20-23-34(33(24-27)32-17-9-11-26-10-7-8-16-31(26)32)36(29-12-3-1-4-13-29)30-14-5-2-6-15-30/h1-24H,35H2. The fraction of sp³-hybridized carbons (Fsp3) is 0. The fourth-order valence-electron chi connectivity index (χ4n) is 4.84. The van der Waals surface area contributed by atoms with Crippen molar-refractivity contribution >= 4 is 33.5 Å². The Labute approximate surface area is 211 Å². The zero-order chi connectivity index (χ0) is 24.3. The fourth-order valence-corrected chi connectivity index (χ4v) is 4.84. The predicted octanol–water partition coefficient (Wildman–Crippen LogP) is 9.23. The average molecular weight is 463 g/mol. The molecule has 6 aromatic carbocycles. The number of fused-ring (bicyclic) bond motifs is 1. The van der Waals surface area contributed by atoms with E-state index in [4.69, 9.17) is 5.73 Å². The van der Waals surface area contributed by atoms with Crippen LogP contribution in [0.3, 0.4) is 0 Å². The van der Waals surface area contributed by atoms with Crippen molar-refractivity contribution in [1.82, 2.24) is 0 Å². The lowest BCUT2D eigenvalue weighted by molar-refractivity contribution is 1.28. The van der Waals surface area contributed by atoms with Crippen LogP contribution in [0.5, 0.6) is 0 Å². The zero-order valence-electron chi connectivity index (χ0n) is 19.9. The quantitative estimate of drug-likeness (QED) is 0.259. The Balaban J connectivity index is 1.64. The molecule has 0 saturated heterocycles. The smallest absolute Gasteiger partial charge is 0.0540 e. The molecule has 0 amide bonds. The minimum atomic E-state index is 0.768. The van der Waals surface area contributed by atoms with Gasteiger partial charge in [0.2, 0.25) is 0 Å².